The van der Waals surface area contributed by atoms with E-state index in [0.717, 1.165) is 30.9 Å². The summed E-state index contributed by atoms with van der Waals surface area (Å²) >= 11 is 0. The minimum absolute atomic E-state index is 0.124. The van der Waals surface area contributed by atoms with E-state index >= 15 is 0 Å². The van der Waals surface area contributed by atoms with Gasteiger partial charge in [0.15, 0.2) is 5.96 Å². The van der Waals surface area contributed by atoms with Crippen molar-refractivity contribution in [3.05, 3.63) is 24.3 Å². The number of aliphatic imine (C=N–C) groups is 1. The van der Waals surface area contributed by atoms with Crippen LogP contribution in [0.25, 0.3) is 0 Å². The molecule has 1 aliphatic rings. The average Bonchev–Trinajstić information content (AvgIpc) is 3.07. The molecule has 0 aromatic heterocycles. The fraction of sp³-hybridized carbons (Fsp3) is 0.611. The van der Waals surface area contributed by atoms with E-state index in [1.165, 1.54) is 0 Å². The molecular formula is C18H27F3N4O. The normalized spacial score (nSPS) is 18.1. The van der Waals surface area contributed by atoms with E-state index in [9.17, 15) is 13.2 Å². The van der Waals surface area contributed by atoms with Crippen LogP contribution in [0.4, 0.5) is 18.9 Å². The molecule has 2 rings (SSSR count). The number of anilines is 1. The molecule has 0 saturated carbocycles. The Labute approximate surface area is 152 Å². The Bertz CT molecular complexity index is 592. The lowest BCUT2D eigenvalue weighted by Crippen LogP contribution is -2.44. The van der Waals surface area contributed by atoms with E-state index < -0.39 is 12.6 Å². The summed E-state index contributed by atoms with van der Waals surface area (Å²) in [7, 11) is 3.33. The molecule has 0 spiro atoms. The van der Waals surface area contributed by atoms with E-state index in [1.54, 1.807) is 14.2 Å². The third-order valence-corrected chi connectivity index (χ3v) is 4.36. The number of hydrogen-bond acceptors (Lipinski definition) is 3. The first-order valence-corrected chi connectivity index (χ1v) is 8.85. The van der Waals surface area contributed by atoms with Crippen molar-refractivity contribution in [2.24, 2.45) is 4.99 Å². The highest BCUT2D eigenvalue weighted by Crippen LogP contribution is 2.30. The summed E-state index contributed by atoms with van der Waals surface area (Å²) < 4.78 is 41.8. The fourth-order valence-electron chi connectivity index (χ4n) is 3.03. The second kappa shape index (κ2) is 9.54. The number of benzene rings is 1. The SMILES string of the molecule is CN=C(NCCCCC(F)(F)F)NC1CCN(c2ccccc2OC)C1. The van der Waals surface area contributed by atoms with E-state index in [-0.39, 0.29) is 12.5 Å². The number of guanidine groups is 1. The lowest BCUT2D eigenvalue weighted by atomic mass is 10.2. The minimum Gasteiger partial charge on any atom is -0.495 e. The number of hydrogen-bond donors (Lipinski definition) is 2. The van der Waals surface area contributed by atoms with Crippen molar-refractivity contribution in [1.29, 1.82) is 0 Å². The number of alkyl halides is 3. The zero-order chi connectivity index (χ0) is 19.0. The Morgan fingerprint density at radius 2 is 2.08 bits per heavy atom. The van der Waals surface area contributed by atoms with Crippen molar-refractivity contribution in [3.8, 4) is 5.75 Å². The quantitative estimate of drug-likeness (QED) is 0.439. The third kappa shape index (κ3) is 6.31. The van der Waals surface area contributed by atoms with Crippen molar-refractivity contribution in [2.75, 3.05) is 38.7 Å². The van der Waals surface area contributed by atoms with Gasteiger partial charge >= 0.3 is 6.18 Å². The summed E-state index contributed by atoms with van der Waals surface area (Å²) in [5, 5.41) is 6.43. The molecule has 1 aromatic carbocycles. The first-order valence-electron chi connectivity index (χ1n) is 8.85. The highest BCUT2D eigenvalue weighted by atomic mass is 19.4. The van der Waals surface area contributed by atoms with Gasteiger partial charge in [-0.15, -0.1) is 0 Å². The van der Waals surface area contributed by atoms with Crippen molar-refractivity contribution in [1.82, 2.24) is 10.6 Å². The minimum atomic E-state index is -4.08. The van der Waals surface area contributed by atoms with Gasteiger partial charge in [0.1, 0.15) is 5.75 Å². The van der Waals surface area contributed by atoms with Gasteiger partial charge in [0, 0.05) is 39.1 Å². The first kappa shape index (κ1) is 20.2. The first-order chi connectivity index (χ1) is 12.4. The zero-order valence-electron chi connectivity index (χ0n) is 15.3. The number of rotatable bonds is 7. The molecule has 26 heavy (non-hydrogen) atoms. The van der Waals surface area contributed by atoms with E-state index in [2.05, 4.69) is 20.5 Å². The van der Waals surface area contributed by atoms with Crippen LogP contribution in [0.15, 0.2) is 29.3 Å². The van der Waals surface area contributed by atoms with Crippen LogP contribution in [-0.4, -0.2) is 52.0 Å². The maximum absolute atomic E-state index is 12.1. The van der Waals surface area contributed by atoms with Gasteiger partial charge in [-0.1, -0.05) is 12.1 Å². The lowest BCUT2D eigenvalue weighted by Gasteiger charge is -2.22. The van der Waals surface area contributed by atoms with E-state index in [4.69, 9.17) is 4.74 Å². The maximum Gasteiger partial charge on any atom is 0.389 e. The standard InChI is InChI=1S/C18H27F3N4O/c1-22-17(23-11-6-5-10-18(19,20)21)24-14-9-12-25(13-14)15-7-3-4-8-16(15)26-2/h3-4,7-8,14H,5-6,9-13H2,1-2H3,(H2,22,23,24). The molecule has 5 nitrogen and oxygen atoms in total. The van der Waals surface area contributed by atoms with E-state index in [0.29, 0.717) is 18.9 Å². The molecule has 0 aliphatic carbocycles. The van der Waals surface area contributed by atoms with Gasteiger partial charge in [-0.25, -0.2) is 0 Å². The second-order valence-corrected chi connectivity index (χ2v) is 6.32. The van der Waals surface area contributed by atoms with Crippen LogP contribution in [0.5, 0.6) is 5.75 Å². The fourth-order valence-corrected chi connectivity index (χ4v) is 3.03. The zero-order valence-corrected chi connectivity index (χ0v) is 15.3. The van der Waals surface area contributed by atoms with E-state index in [1.807, 2.05) is 24.3 Å². The number of para-hydroxylation sites is 2. The summed E-state index contributed by atoms with van der Waals surface area (Å²) in [6.45, 7) is 2.19. The summed E-state index contributed by atoms with van der Waals surface area (Å²) in [5.41, 5.74) is 1.06. The monoisotopic (exact) mass is 372 g/mol. The van der Waals surface area contributed by atoms with Gasteiger partial charge in [-0.2, -0.15) is 13.2 Å². The van der Waals surface area contributed by atoms with Crippen molar-refractivity contribution in [2.45, 2.75) is 37.9 Å². The molecule has 1 aromatic rings. The van der Waals surface area contributed by atoms with Crippen LogP contribution >= 0.6 is 0 Å². The van der Waals surface area contributed by atoms with Crippen LogP contribution < -0.4 is 20.3 Å². The van der Waals surface area contributed by atoms with Gasteiger partial charge in [0.05, 0.1) is 12.8 Å². The summed E-state index contributed by atoms with van der Waals surface area (Å²) in [5.74, 6) is 1.48. The van der Waals surface area contributed by atoms with Gasteiger partial charge in [0.25, 0.3) is 0 Å². The molecule has 1 unspecified atom stereocenters. The Balaban J connectivity index is 1.76. The number of ether oxygens (including phenoxy) is 1. The molecule has 146 valence electrons. The smallest absolute Gasteiger partial charge is 0.389 e. The lowest BCUT2D eigenvalue weighted by molar-refractivity contribution is -0.135. The molecule has 0 bridgehead atoms. The Hall–Kier alpha value is -2.12. The molecule has 8 heteroatoms. The van der Waals surface area contributed by atoms with Crippen LogP contribution in [0, 0.1) is 0 Å². The van der Waals surface area contributed by atoms with Crippen molar-refractivity contribution in [3.63, 3.8) is 0 Å². The van der Waals surface area contributed by atoms with Crippen LogP contribution in [0.2, 0.25) is 0 Å². The number of methoxy groups -OCH3 is 1. The largest absolute Gasteiger partial charge is 0.495 e. The van der Waals surface area contributed by atoms with Crippen LogP contribution in [0.3, 0.4) is 0 Å². The predicted molar refractivity (Wildman–Crippen MR) is 98.0 cm³/mol. The summed E-state index contributed by atoms with van der Waals surface area (Å²) in [6, 6.07) is 8.13. The second-order valence-electron chi connectivity index (χ2n) is 6.32. The number of nitrogens with zero attached hydrogens (tertiary/aromatic N) is 2. The molecule has 1 heterocycles. The molecule has 1 aliphatic heterocycles. The summed E-state index contributed by atoms with van der Waals surface area (Å²) in [6.07, 6.45) is -3.29. The Morgan fingerprint density at radius 1 is 1.31 bits per heavy atom. The predicted octanol–water partition coefficient (Wildman–Crippen LogP) is 3.17. The molecule has 1 fully saturated rings. The van der Waals surface area contributed by atoms with Crippen LogP contribution in [0.1, 0.15) is 25.7 Å². The maximum atomic E-state index is 12.1. The molecule has 0 amide bonds. The topological polar surface area (TPSA) is 48.9 Å². The van der Waals surface area contributed by atoms with Gasteiger partial charge in [0.2, 0.25) is 0 Å². The number of halogens is 3. The molecule has 1 atom stereocenters. The Kier molecular flexibility index (Phi) is 7.41. The molecule has 2 N–H and O–H groups in total. The van der Waals surface area contributed by atoms with Crippen molar-refractivity contribution < 1.29 is 17.9 Å². The highest BCUT2D eigenvalue weighted by molar-refractivity contribution is 5.80. The average molecular weight is 372 g/mol. The number of nitrogens with one attached hydrogen (secondary N) is 2. The highest BCUT2D eigenvalue weighted by Gasteiger charge is 2.26. The van der Waals surface area contributed by atoms with Crippen molar-refractivity contribution >= 4 is 11.6 Å². The van der Waals surface area contributed by atoms with Gasteiger partial charge in [-0.3, -0.25) is 4.99 Å². The van der Waals surface area contributed by atoms with Gasteiger partial charge < -0.3 is 20.3 Å². The molecular weight excluding hydrogens is 345 g/mol. The summed E-state index contributed by atoms with van der Waals surface area (Å²) in [4.78, 5) is 6.42. The Morgan fingerprint density at radius 3 is 2.77 bits per heavy atom. The van der Waals surface area contributed by atoms with Gasteiger partial charge in [-0.05, 0) is 31.4 Å². The number of unbranched alkanes of at least 4 members (excludes halogenated alkanes) is 1. The molecule has 0 radical (unpaired) electrons. The third-order valence-electron chi connectivity index (χ3n) is 4.36. The van der Waals surface area contributed by atoms with Crippen LogP contribution in [-0.2, 0) is 0 Å². The molecule has 1 saturated heterocycles.